The van der Waals surface area contributed by atoms with Crippen LogP contribution in [0.1, 0.15) is 58.7 Å². The van der Waals surface area contributed by atoms with Crippen LogP contribution >= 0.6 is 0 Å². The summed E-state index contributed by atoms with van der Waals surface area (Å²) < 4.78 is 46.3. The molecule has 1 saturated heterocycles. The number of methoxy groups -OCH3 is 2. The third kappa shape index (κ3) is 6.17. The van der Waals surface area contributed by atoms with Gasteiger partial charge in [0.1, 0.15) is 23.1 Å². The van der Waals surface area contributed by atoms with Crippen molar-refractivity contribution in [2.45, 2.75) is 45.3 Å². The lowest BCUT2D eigenvalue weighted by molar-refractivity contribution is -0.0117. The molecule has 9 nitrogen and oxygen atoms in total. The van der Waals surface area contributed by atoms with Gasteiger partial charge in [0.25, 0.3) is 11.8 Å². The standard InChI is InChI=1S/C35H32F2N4O5.C2H6/c1-44-24-11-8-22(30(16-24)45-2)18-40-19-29-32(34(40)43)28(17-27(39-29)31-25(36)4-3-5-26(31)37)38-23-9-6-21(7-10-23)33(42)41-14-15-46-20-35(41)12-13-35;1-2/h3-11,16-17H,12-15,18-20H2,1-2H3,(H,38,39);1-2H3. The first kappa shape index (κ1) is 32.9. The highest BCUT2D eigenvalue weighted by Crippen LogP contribution is 2.44. The van der Waals surface area contributed by atoms with Crippen LogP contribution in [0.3, 0.4) is 0 Å². The van der Waals surface area contributed by atoms with Gasteiger partial charge in [-0.2, -0.15) is 0 Å². The van der Waals surface area contributed by atoms with Gasteiger partial charge in [-0.25, -0.2) is 13.8 Å². The average Bonchev–Trinajstić information content (AvgIpc) is 3.80. The van der Waals surface area contributed by atoms with E-state index in [1.54, 1.807) is 55.5 Å². The molecule has 1 N–H and O–H groups in total. The third-order valence-corrected chi connectivity index (χ3v) is 8.90. The summed E-state index contributed by atoms with van der Waals surface area (Å²) in [6, 6.07) is 17.4. The molecule has 1 aliphatic carbocycles. The van der Waals surface area contributed by atoms with Crippen molar-refractivity contribution in [3.63, 3.8) is 0 Å². The van der Waals surface area contributed by atoms with E-state index in [0.717, 1.165) is 18.4 Å². The summed E-state index contributed by atoms with van der Waals surface area (Å²) in [5, 5.41) is 3.26. The quantitative estimate of drug-likeness (QED) is 0.219. The molecule has 250 valence electrons. The Bertz CT molecular complexity index is 1820. The molecule has 3 aliphatic rings. The lowest BCUT2D eigenvalue weighted by atomic mass is 10.1. The largest absolute Gasteiger partial charge is 0.497 e. The Morgan fingerprint density at radius 1 is 0.979 bits per heavy atom. The zero-order valence-corrected chi connectivity index (χ0v) is 27.4. The number of nitrogens with zero attached hydrogens (tertiary/aromatic N) is 3. The number of benzene rings is 3. The van der Waals surface area contributed by atoms with Gasteiger partial charge in [-0.1, -0.05) is 19.9 Å². The smallest absolute Gasteiger partial charge is 0.258 e. The van der Waals surface area contributed by atoms with Gasteiger partial charge in [0.2, 0.25) is 0 Å². The van der Waals surface area contributed by atoms with E-state index < -0.39 is 11.6 Å². The molecule has 11 heteroatoms. The number of amides is 2. The Balaban J connectivity index is 0.00000197. The normalized spacial score (nSPS) is 15.8. The minimum atomic E-state index is -0.762. The van der Waals surface area contributed by atoms with E-state index in [1.807, 2.05) is 24.8 Å². The molecule has 48 heavy (non-hydrogen) atoms. The van der Waals surface area contributed by atoms with Crippen LogP contribution in [0.25, 0.3) is 11.3 Å². The van der Waals surface area contributed by atoms with Crippen LogP contribution in [0.2, 0.25) is 0 Å². The number of anilines is 2. The van der Waals surface area contributed by atoms with Gasteiger partial charge in [-0.15, -0.1) is 0 Å². The van der Waals surface area contributed by atoms with Gasteiger partial charge in [-0.05, 0) is 67.4 Å². The van der Waals surface area contributed by atoms with Crippen LogP contribution in [0.5, 0.6) is 11.5 Å². The molecular weight excluding hydrogens is 618 g/mol. The van der Waals surface area contributed by atoms with Gasteiger partial charge >= 0.3 is 0 Å². The first-order valence-corrected chi connectivity index (χ1v) is 16.1. The molecule has 3 heterocycles. The fourth-order valence-corrected chi connectivity index (χ4v) is 6.26. The Morgan fingerprint density at radius 2 is 1.71 bits per heavy atom. The lowest BCUT2D eigenvalue weighted by Crippen LogP contribution is -2.50. The second kappa shape index (κ2) is 13.6. The monoisotopic (exact) mass is 656 g/mol. The van der Waals surface area contributed by atoms with Crippen molar-refractivity contribution in [2.24, 2.45) is 0 Å². The number of fused-ring (bicyclic) bond motifs is 1. The molecule has 1 aromatic heterocycles. The third-order valence-electron chi connectivity index (χ3n) is 8.90. The van der Waals surface area contributed by atoms with Crippen LogP contribution in [-0.4, -0.2) is 66.1 Å². The molecule has 2 amide bonds. The van der Waals surface area contributed by atoms with Crippen molar-refractivity contribution in [2.75, 3.05) is 39.3 Å². The van der Waals surface area contributed by atoms with Crippen LogP contribution in [0.4, 0.5) is 20.2 Å². The molecule has 0 radical (unpaired) electrons. The first-order chi connectivity index (χ1) is 23.3. The minimum Gasteiger partial charge on any atom is -0.497 e. The summed E-state index contributed by atoms with van der Waals surface area (Å²) in [6.07, 6.45) is 1.87. The predicted octanol–water partition coefficient (Wildman–Crippen LogP) is 6.97. The van der Waals surface area contributed by atoms with Gasteiger partial charge in [-0.3, -0.25) is 9.59 Å². The molecule has 1 saturated carbocycles. The second-order valence-corrected chi connectivity index (χ2v) is 11.7. The second-order valence-electron chi connectivity index (χ2n) is 11.7. The fraction of sp³-hybridized carbons (Fsp3) is 0.324. The van der Waals surface area contributed by atoms with E-state index in [2.05, 4.69) is 10.3 Å². The Morgan fingerprint density at radius 3 is 2.38 bits per heavy atom. The highest BCUT2D eigenvalue weighted by atomic mass is 19.1. The number of carbonyl (C=O) groups excluding carboxylic acids is 2. The van der Waals surface area contributed by atoms with E-state index in [9.17, 15) is 18.4 Å². The predicted molar refractivity (Wildman–Crippen MR) is 178 cm³/mol. The number of hydrogen-bond donors (Lipinski definition) is 1. The summed E-state index contributed by atoms with van der Waals surface area (Å²) in [7, 11) is 3.10. The van der Waals surface area contributed by atoms with Crippen molar-refractivity contribution in [3.8, 4) is 22.8 Å². The van der Waals surface area contributed by atoms with Crippen LogP contribution in [0.15, 0.2) is 66.7 Å². The number of aromatic nitrogens is 1. The van der Waals surface area contributed by atoms with Crippen molar-refractivity contribution in [3.05, 3.63) is 101 Å². The van der Waals surface area contributed by atoms with Gasteiger partial charge < -0.3 is 29.3 Å². The van der Waals surface area contributed by atoms with E-state index in [-0.39, 0.29) is 41.7 Å². The summed E-state index contributed by atoms with van der Waals surface area (Å²) in [5.41, 5.74) is 2.52. The maximum Gasteiger partial charge on any atom is 0.258 e. The van der Waals surface area contributed by atoms with Crippen molar-refractivity contribution in [1.82, 2.24) is 14.8 Å². The highest BCUT2D eigenvalue weighted by molar-refractivity contribution is 6.04. The first-order valence-electron chi connectivity index (χ1n) is 16.1. The summed E-state index contributed by atoms with van der Waals surface area (Å²) in [5.74, 6) is -0.690. The van der Waals surface area contributed by atoms with Crippen molar-refractivity contribution < 1.29 is 32.6 Å². The molecule has 2 fully saturated rings. The Kier molecular flexibility index (Phi) is 9.32. The zero-order valence-electron chi connectivity index (χ0n) is 27.4. The minimum absolute atomic E-state index is 0.0470. The van der Waals surface area contributed by atoms with Crippen LogP contribution in [0, 0.1) is 11.6 Å². The van der Waals surface area contributed by atoms with Gasteiger partial charge in [0.05, 0.1) is 74.3 Å². The molecule has 2 aliphatic heterocycles. The average molecular weight is 657 g/mol. The zero-order chi connectivity index (χ0) is 34.0. The molecule has 0 unspecified atom stereocenters. The summed E-state index contributed by atoms with van der Waals surface area (Å²) in [4.78, 5) is 35.3. The Hall–Kier alpha value is -5.03. The van der Waals surface area contributed by atoms with Crippen LogP contribution < -0.4 is 14.8 Å². The lowest BCUT2D eigenvalue weighted by Gasteiger charge is -2.36. The van der Waals surface area contributed by atoms with E-state index in [0.29, 0.717) is 59.5 Å². The summed E-state index contributed by atoms with van der Waals surface area (Å²) >= 11 is 0. The van der Waals surface area contributed by atoms with Crippen molar-refractivity contribution in [1.29, 1.82) is 0 Å². The number of ether oxygens (including phenoxy) is 3. The molecular formula is C37H38F2N4O5. The van der Waals surface area contributed by atoms with Crippen LogP contribution in [-0.2, 0) is 17.8 Å². The molecule has 0 atom stereocenters. The molecule has 1 spiro atoms. The number of morpholine rings is 1. The number of pyridine rings is 1. The number of hydrogen-bond acceptors (Lipinski definition) is 7. The van der Waals surface area contributed by atoms with Crippen molar-refractivity contribution >= 4 is 23.2 Å². The summed E-state index contributed by atoms with van der Waals surface area (Å²) in [6.45, 7) is 5.97. The highest BCUT2D eigenvalue weighted by Gasteiger charge is 2.52. The number of halogens is 2. The van der Waals surface area contributed by atoms with E-state index in [1.165, 1.54) is 24.3 Å². The maximum absolute atomic E-state index is 14.9. The maximum atomic E-state index is 14.9. The number of rotatable bonds is 8. The molecule has 4 aromatic rings. The van der Waals surface area contributed by atoms with E-state index in [4.69, 9.17) is 14.2 Å². The molecule has 0 bridgehead atoms. The molecule has 3 aromatic carbocycles. The number of nitrogens with one attached hydrogen (secondary N) is 1. The Labute approximate surface area is 278 Å². The topological polar surface area (TPSA) is 93.2 Å². The SMILES string of the molecule is CC.COc1ccc(CN2Cc3nc(-c4c(F)cccc4F)cc(Nc4ccc(C(=O)N5CCOCC56CC6)cc4)c3C2=O)c(OC)c1. The molecule has 7 rings (SSSR count). The fourth-order valence-electron chi connectivity index (χ4n) is 6.26. The van der Waals surface area contributed by atoms with Gasteiger partial charge in [0, 0.05) is 29.4 Å². The number of carbonyl (C=O) groups is 2. The van der Waals surface area contributed by atoms with Gasteiger partial charge in [0.15, 0.2) is 0 Å². The van der Waals surface area contributed by atoms with E-state index >= 15 is 0 Å².